The molecule has 0 aromatic carbocycles. The number of nitrogens with one attached hydrogen (secondary N) is 1. The Morgan fingerprint density at radius 1 is 1.73 bits per heavy atom. The van der Waals surface area contributed by atoms with Crippen LogP contribution in [0.15, 0.2) is 0 Å². The highest BCUT2D eigenvalue weighted by molar-refractivity contribution is 4.86. The number of rotatable bonds is 3. The van der Waals surface area contributed by atoms with E-state index in [0.29, 0.717) is 6.04 Å². The Bertz CT molecular complexity index is 148. The summed E-state index contributed by atoms with van der Waals surface area (Å²) in [6, 6.07) is 0.674. The molecule has 0 spiro atoms. The predicted octanol–water partition coefficient (Wildman–Crippen LogP) is 0.303. The molecule has 1 unspecified atom stereocenters. The van der Waals surface area contributed by atoms with Gasteiger partial charge in [-0.3, -0.25) is 0 Å². The normalized spacial score (nSPS) is 25.3. The Balaban J connectivity index is 2.05. The van der Waals surface area contributed by atoms with Gasteiger partial charge in [0, 0.05) is 25.6 Å². The van der Waals surface area contributed by atoms with Crippen molar-refractivity contribution in [3.05, 3.63) is 0 Å². The largest absolute Gasteiger partial charge is 0.312 e. The molecular weight excluding hydrogens is 136 g/mol. The van der Waals surface area contributed by atoms with Crippen molar-refractivity contribution in [3.63, 3.8) is 0 Å². The first-order valence-electron chi connectivity index (χ1n) is 4.18. The summed E-state index contributed by atoms with van der Waals surface area (Å²) < 4.78 is 0. The van der Waals surface area contributed by atoms with E-state index in [1.54, 1.807) is 0 Å². The fraction of sp³-hybridized carbons (Fsp3) is 0.778. The maximum atomic E-state index is 5.14. The molecule has 1 fully saturated rings. The zero-order chi connectivity index (χ0) is 8.10. The minimum absolute atomic E-state index is 0.674. The van der Waals surface area contributed by atoms with Gasteiger partial charge in [-0.05, 0) is 20.0 Å². The van der Waals surface area contributed by atoms with Gasteiger partial charge in [-0.25, -0.2) is 0 Å². The van der Waals surface area contributed by atoms with E-state index in [2.05, 4.69) is 23.2 Å². The zero-order valence-corrected chi connectivity index (χ0v) is 7.14. The van der Waals surface area contributed by atoms with Crippen LogP contribution in [0.3, 0.4) is 0 Å². The second-order valence-electron chi connectivity index (χ2n) is 3.16. The molecule has 1 N–H and O–H groups in total. The van der Waals surface area contributed by atoms with Gasteiger partial charge in [0.2, 0.25) is 0 Å². The Kier molecular flexibility index (Phi) is 3.41. The molecule has 0 radical (unpaired) electrons. The second kappa shape index (κ2) is 4.38. The molecule has 62 valence electrons. The number of likely N-dealkylation sites (tertiary alicyclic amines) is 1. The van der Waals surface area contributed by atoms with E-state index in [9.17, 15) is 0 Å². The molecule has 1 rings (SSSR count). The van der Waals surface area contributed by atoms with Gasteiger partial charge in [-0.1, -0.05) is 0 Å². The van der Waals surface area contributed by atoms with Gasteiger partial charge in [0.1, 0.15) is 0 Å². The van der Waals surface area contributed by atoms with Gasteiger partial charge < -0.3 is 10.2 Å². The zero-order valence-electron chi connectivity index (χ0n) is 7.14. The first-order valence-corrected chi connectivity index (χ1v) is 4.18. The SMILES string of the molecule is C#CCCNC1CCN(C)C1. The lowest BCUT2D eigenvalue weighted by atomic mass is 10.2. The summed E-state index contributed by atoms with van der Waals surface area (Å²) in [4.78, 5) is 2.34. The molecule has 2 heteroatoms. The quantitative estimate of drug-likeness (QED) is 0.462. The first-order chi connectivity index (χ1) is 5.33. The van der Waals surface area contributed by atoms with Crippen LogP contribution in [0.25, 0.3) is 0 Å². The summed E-state index contributed by atoms with van der Waals surface area (Å²) in [6.07, 6.45) is 7.25. The molecule has 1 aliphatic rings. The molecule has 0 bridgehead atoms. The van der Waals surface area contributed by atoms with Gasteiger partial charge >= 0.3 is 0 Å². The fourth-order valence-electron chi connectivity index (χ4n) is 1.45. The number of hydrogen-bond acceptors (Lipinski definition) is 2. The fourth-order valence-corrected chi connectivity index (χ4v) is 1.45. The van der Waals surface area contributed by atoms with Gasteiger partial charge in [-0.2, -0.15) is 0 Å². The third-order valence-electron chi connectivity index (χ3n) is 2.09. The lowest BCUT2D eigenvalue weighted by Gasteiger charge is -2.10. The van der Waals surface area contributed by atoms with E-state index >= 15 is 0 Å². The topological polar surface area (TPSA) is 15.3 Å². The Morgan fingerprint density at radius 3 is 3.09 bits per heavy atom. The van der Waals surface area contributed by atoms with Crippen LogP contribution >= 0.6 is 0 Å². The minimum Gasteiger partial charge on any atom is -0.312 e. The van der Waals surface area contributed by atoms with Crippen LogP contribution in [0.1, 0.15) is 12.8 Å². The summed E-state index contributed by atoms with van der Waals surface area (Å²) >= 11 is 0. The van der Waals surface area contributed by atoms with E-state index in [4.69, 9.17) is 6.42 Å². The number of likely N-dealkylation sites (N-methyl/N-ethyl adjacent to an activating group) is 1. The average molecular weight is 152 g/mol. The van der Waals surface area contributed by atoms with Crippen molar-refractivity contribution < 1.29 is 0 Å². The van der Waals surface area contributed by atoms with Crippen molar-refractivity contribution in [3.8, 4) is 12.3 Å². The summed E-state index contributed by atoms with van der Waals surface area (Å²) in [5, 5.41) is 3.43. The molecule has 0 aliphatic carbocycles. The predicted molar refractivity (Wildman–Crippen MR) is 47.4 cm³/mol. The Morgan fingerprint density at radius 2 is 2.55 bits per heavy atom. The van der Waals surface area contributed by atoms with E-state index in [-0.39, 0.29) is 0 Å². The smallest absolute Gasteiger partial charge is 0.0212 e. The highest BCUT2D eigenvalue weighted by Gasteiger charge is 2.17. The van der Waals surface area contributed by atoms with Crippen molar-refractivity contribution in [2.75, 3.05) is 26.7 Å². The lowest BCUT2D eigenvalue weighted by Crippen LogP contribution is -2.31. The molecule has 2 nitrogen and oxygen atoms in total. The van der Waals surface area contributed by atoms with Gasteiger partial charge in [0.15, 0.2) is 0 Å². The molecule has 11 heavy (non-hydrogen) atoms. The third-order valence-corrected chi connectivity index (χ3v) is 2.09. The molecule has 0 aromatic heterocycles. The summed E-state index contributed by atoms with van der Waals surface area (Å²) in [7, 11) is 2.16. The maximum absolute atomic E-state index is 5.14. The summed E-state index contributed by atoms with van der Waals surface area (Å²) in [6.45, 7) is 3.35. The van der Waals surface area contributed by atoms with Crippen LogP contribution < -0.4 is 5.32 Å². The standard InChI is InChI=1S/C9H16N2/c1-3-4-6-10-9-5-7-11(2)8-9/h1,9-10H,4-8H2,2H3. The number of nitrogens with zero attached hydrogens (tertiary/aromatic N) is 1. The maximum Gasteiger partial charge on any atom is 0.0212 e. The van der Waals surface area contributed by atoms with E-state index < -0.39 is 0 Å². The van der Waals surface area contributed by atoms with E-state index in [1.807, 2.05) is 0 Å². The summed E-state index contributed by atoms with van der Waals surface area (Å²) in [5.41, 5.74) is 0. The number of terminal acetylenes is 1. The van der Waals surface area contributed by atoms with Crippen LogP contribution in [0, 0.1) is 12.3 Å². The Hall–Kier alpha value is -0.520. The Labute approximate surface area is 69.0 Å². The minimum atomic E-state index is 0.674. The van der Waals surface area contributed by atoms with Crippen LogP contribution in [0.2, 0.25) is 0 Å². The first kappa shape index (κ1) is 8.58. The van der Waals surface area contributed by atoms with Gasteiger partial charge in [0.05, 0.1) is 0 Å². The molecule has 1 aliphatic heterocycles. The van der Waals surface area contributed by atoms with Crippen molar-refractivity contribution >= 4 is 0 Å². The highest BCUT2D eigenvalue weighted by Crippen LogP contribution is 2.05. The van der Waals surface area contributed by atoms with Crippen molar-refractivity contribution in [1.82, 2.24) is 10.2 Å². The molecular formula is C9H16N2. The van der Waals surface area contributed by atoms with E-state index in [0.717, 1.165) is 13.0 Å². The molecule has 1 heterocycles. The monoisotopic (exact) mass is 152 g/mol. The van der Waals surface area contributed by atoms with Crippen LogP contribution in [0.5, 0.6) is 0 Å². The van der Waals surface area contributed by atoms with Gasteiger partial charge in [-0.15, -0.1) is 12.3 Å². The number of hydrogen-bond donors (Lipinski definition) is 1. The van der Waals surface area contributed by atoms with Crippen LogP contribution in [0.4, 0.5) is 0 Å². The van der Waals surface area contributed by atoms with Crippen molar-refractivity contribution in [2.45, 2.75) is 18.9 Å². The molecule has 1 saturated heterocycles. The van der Waals surface area contributed by atoms with Crippen LogP contribution in [-0.2, 0) is 0 Å². The van der Waals surface area contributed by atoms with Gasteiger partial charge in [0.25, 0.3) is 0 Å². The van der Waals surface area contributed by atoms with Crippen molar-refractivity contribution in [1.29, 1.82) is 0 Å². The van der Waals surface area contributed by atoms with Crippen molar-refractivity contribution in [2.24, 2.45) is 0 Å². The molecule has 0 aromatic rings. The molecule has 0 saturated carbocycles. The van der Waals surface area contributed by atoms with Crippen LogP contribution in [-0.4, -0.2) is 37.6 Å². The molecule has 1 atom stereocenters. The average Bonchev–Trinajstić information content (AvgIpc) is 2.37. The van der Waals surface area contributed by atoms with E-state index in [1.165, 1.54) is 19.5 Å². The lowest BCUT2D eigenvalue weighted by molar-refractivity contribution is 0.399. The summed E-state index contributed by atoms with van der Waals surface area (Å²) in [5.74, 6) is 2.63. The molecule has 0 amide bonds. The third kappa shape index (κ3) is 2.92. The highest BCUT2D eigenvalue weighted by atomic mass is 15.2. The second-order valence-corrected chi connectivity index (χ2v) is 3.16.